The molecule has 0 aromatic heterocycles. The fourth-order valence-electron chi connectivity index (χ4n) is 1.45. The minimum Gasteiger partial charge on any atom is -0.399 e. The molecule has 0 bridgehead atoms. The molecule has 0 aliphatic rings. The summed E-state index contributed by atoms with van der Waals surface area (Å²) in [6.07, 6.45) is -0.000421. The number of rotatable bonds is 5. The third-order valence-corrected chi connectivity index (χ3v) is 4.12. The second-order valence-corrected chi connectivity index (χ2v) is 5.68. The molecule has 1 aromatic carbocycles. The van der Waals surface area contributed by atoms with Crippen molar-refractivity contribution < 1.29 is 17.6 Å². The first-order chi connectivity index (χ1) is 8.77. The van der Waals surface area contributed by atoms with Crippen molar-refractivity contribution in [1.82, 2.24) is 10.0 Å². The molecule has 0 spiro atoms. The maximum Gasteiger partial charge on any atom is 0.241 e. The van der Waals surface area contributed by atoms with E-state index < -0.39 is 15.8 Å². The van der Waals surface area contributed by atoms with Crippen LogP contribution in [-0.2, 0) is 14.8 Å². The van der Waals surface area contributed by atoms with Gasteiger partial charge in [-0.05, 0) is 19.1 Å². The maximum atomic E-state index is 13.4. The summed E-state index contributed by atoms with van der Waals surface area (Å²) in [7, 11) is -2.44. The predicted molar refractivity (Wildman–Crippen MR) is 69.4 cm³/mol. The normalized spacial score (nSPS) is 11.3. The number of halogens is 1. The standard InChI is InChI=1S/C11H16FN3O3S/c1-7-9(12)5-8(13)6-10(7)19(17,18)15-4-3-11(16)14-2/h5-6,15H,3-4,13H2,1-2H3,(H,14,16). The highest BCUT2D eigenvalue weighted by molar-refractivity contribution is 7.89. The van der Waals surface area contributed by atoms with Crippen molar-refractivity contribution in [3.63, 3.8) is 0 Å². The Morgan fingerprint density at radius 3 is 2.63 bits per heavy atom. The molecule has 1 aromatic rings. The monoisotopic (exact) mass is 289 g/mol. The minimum absolute atomic E-state index is 0.000421. The van der Waals surface area contributed by atoms with Crippen LogP contribution in [0.3, 0.4) is 0 Å². The first kappa shape index (κ1) is 15.4. The molecule has 106 valence electrons. The van der Waals surface area contributed by atoms with Crippen molar-refractivity contribution in [2.45, 2.75) is 18.2 Å². The van der Waals surface area contributed by atoms with Gasteiger partial charge in [-0.3, -0.25) is 4.79 Å². The van der Waals surface area contributed by atoms with Gasteiger partial charge in [-0.2, -0.15) is 0 Å². The third-order valence-electron chi connectivity index (χ3n) is 2.53. The lowest BCUT2D eigenvalue weighted by Crippen LogP contribution is -2.29. The quantitative estimate of drug-likeness (QED) is 0.671. The summed E-state index contributed by atoms with van der Waals surface area (Å²) >= 11 is 0. The fraction of sp³-hybridized carbons (Fsp3) is 0.364. The van der Waals surface area contributed by atoms with Gasteiger partial charge in [0.05, 0.1) is 4.90 Å². The van der Waals surface area contributed by atoms with Crippen molar-refractivity contribution in [3.8, 4) is 0 Å². The van der Waals surface area contributed by atoms with Gasteiger partial charge in [0.25, 0.3) is 0 Å². The largest absolute Gasteiger partial charge is 0.399 e. The van der Waals surface area contributed by atoms with Crippen molar-refractivity contribution in [3.05, 3.63) is 23.5 Å². The number of benzene rings is 1. The number of sulfonamides is 1. The molecule has 0 unspecified atom stereocenters. The van der Waals surface area contributed by atoms with Gasteiger partial charge in [0.15, 0.2) is 0 Å². The van der Waals surface area contributed by atoms with E-state index in [1.165, 1.54) is 20.0 Å². The van der Waals surface area contributed by atoms with Crippen LogP contribution in [0.5, 0.6) is 0 Å². The van der Waals surface area contributed by atoms with Crippen molar-refractivity contribution >= 4 is 21.6 Å². The number of nitrogens with one attached hydrogen (secondary N) is 2. The fourth-order valence-corrected chi connectivity index (χ4v) is 2.77. The molecule has 6 nitrogen and oxygen atoms in total. The molecule has 1 amide bonds. The Balaban J connectivity index is 2.92. The van der Waals surface area contributed by atoms with Crippen LogP contribution >= 0.6 is 0 Å². The van der Waals surface area contributed by atoms with Gasteiger partial charge in [0.1, 0.15) is 5.82 Å². The van der Waals surface area contributed by atoms with Gasteiger partial charge >= 0.3 is 0 Å². The Hall–Kier alpha value is -1.67. The van der Waals surface area contributed by atoms with Gasteiger partial charge in [-0.15, -0.1) is 0 Å². The summed E-state index contributed by atoms with van der Waals surface area (Å²) in [5.41, 5.74) is 5.44. The Morgan fingerprint density at radius 1 is 1.42 bits per heavy atom. The van der Waals surface area contributed by atoms with Crippen molar-refractivity contribution in [2.24, 2.45) is 0 Å². The number of carbonyl (C=O) groups excluding carboxylic acids is 1. The molecule has 0 fully saturated rings. The van der Waals surface area contributed by atoms with Gasteiger partial charge in [-0.25, -0.2) is 17.5 Å². The van der Waals surface area contributed by atoms with E-state index >= 15 is 0 Å². The summed E-state index contributed by atoms with van der Waals surface area (Å²) in [5.74, 6) is -0.982. The van der Waals surface area contributed by atoms with Gasteiger partial charge in [0.2, 0.25) is 15.9 Å². The molecule has 0 aliphatic carbocycles. The lowest BCUT2D eigenvalue weighted by molar-refractivity contribution is -0.120. The van der Waals surface area contributed by atoms with E-state index in [-0.39, 0.29) is 35.0 Å². The highest BCUT2D eigenvalue weighted by Crippen LogP contribution is 2.21. The van der Waals surface area contributed by atoms with Gasteiger partial charge in [0, 0.05) is 31.3 Å². The third kappa shape index (κ3) is 3.90. The molecule has 0 saturated heterocycles. The van der Waals surface area contributed by atoms with Crippen LogP contribution in [0.2, 0.25) is 0 Å². The Bertz CT molecular complexity index is 587. The van der Waals surface area contributed by atoms with Gasteiger partial charge in [-0.1, -0.05) is 0 Å². The molecule has 0 radical (unpaired) electrons. The first-order valence-corrected chi connectivity index (χ1v) is 7.02. The number of nitrogens with two attached hydrogens (primary N) is 1. The summed E-state index contributed by atoms with van der Waals surface area (Å²) in [4.78, 5) is 10.8. The van der Waals surface area contributed by atoms with E-state index in [2.05, 4.69) is 10.0 Å². The SMILES string of the molecule is CNC(=O)CCNS(=O)(=O)c1cc(N)cc(F)c1C. The maximum absolute atomic E-state index is 13.4. The average Bonchev–Trinajstić information content (AvgIpc) is 2.33. The van der Waals surface area contributed by atoms with Crippen molar-refractivity contribution in [2.75, 3.05) is 19.3 Å². The van der Waals surface area contributed by atoms with Crippen LogP contribution in [0, 0.1) is 12.7 Å². The van der Waals surface area contributed by atoms with E-state index in [0.717, 1.165) is 6.07 Å². The van der Waals surface area contributed by atoms with E-state index in [0.29, 0.717) is 0 Å². The second kappa shape index (κ2) is 5.98. The van der Waals surface area contributed by atoms with E-state index in [1.807, 2.05) is 0 Å². The van der Waals surface area contributed by atoms with Crippen LogP contribution in [0.25, 0.3) is 0 Å². The summed E-state index contributed by atoms with van der Waals surface area (Å²) in [6, 6.07) is 2.24. The topological polar surface area (TPSA) is 101 Å². The van der Waals surface area contributed by atoms with Crippen LogP contribution in [0.1, 0.15) is 12.0 Å². The predicted octanol–water partition coefficient (Wildman–Crippen LogP) is 0.131. The number of nitrogen functional groups attached to an aromatic ring is 1. The number of anilines is 1. The average molecular weight is 289 g/mol. The molecule has 1 rings (SSSR count). The summed E-state index contributed by atoms with van der Waals surface area (Å²) < 4.78 is 39.6. The molecule has 0 aliphatic heterocycles. The second-order valence-electron chi connectivity index (χ2n) is 3.95. The molecular formula is C11H16FN3O3S. The Labute approximate surface area is 111 Å². The lowest BCUT2D eigenvalue weighted by Gasteiger charge is -2.10. The van der Waals surface area contributed by atoms with E-state index in [1.54, 1.807) is 0 Å². The summed E-state index contributed by atoms with van der Waals surface area (Å²) in [5, 5.41) is 2.37. The van der Waals surface area contributed by atoms with Crippen molar-refractivity contribution in [1.29, 1.82) is 0 Å². The zero-order valence-electron chi connectivity index (χ0n) is 10.7. The number of carbonyl (C=O) groups is 1. The summed E-state index contributed by atoms with van der Waals surface area (Å²) in [6.45, 7) is 1.28. The minimum atomic E-state index is -3.89. The van der Waals surface area contributed by atoms with E-state index in [4.69, 9.17) is 5.73 Å². The van der Waals surface area contributed by atoms with Crippen LogP contribution in [0.15, 0.2) is 17.0 Å². The highest BCUT2D eigenvalue weighted by atomic mass is 32.2. The molecule has 0 heterocycles. The molecule has 8 heteroatoms. The number of hydrogen-bond acceptors (Lipinski definition) is 4. The van der Waals surface area contributed by atoms with Crippen LogP contribution in [-0.4, -0.2) is 27.9 Å². The molecule has 0 atom stereocenters. The highest BCUT2D eigenvalue weighted by Gasteiger charge is 2.19. The lowest BCUT2D eigenvalue weighted by atomic mass is 10.2. The Kier molecular flexibility index (Phi) is 4.84. The molecule has 19 heavy (non-hydrogen) atoms. The van der Waals surface area contributed by atoms with Gasteiger partial charge < -0.3 is 11.1 Å². The first-order valence-electron chi connectivity index (χ1n) is 5.54. The van der Waals surface area contributed by atoms with Crippen LogP contribution in [0.4, 0.5) is 10.1 Å². The zero-order chi connectivity index (χ0) is 14.6. The smallest absolute Gasteiger partial charge is 0.241 e. The molecule has 0 saturated carbocycles. The molecule has 4 N–H and O–H groups in total. The number of hydrogen-bond donors (Lipinski definition) is 3. The Morgan fingerprint density at radius 2 is 2.05 bits per heavy atom. The zero-order valence-corrected chi connectivity index (χ0v) is 11.5. The number of amides is 1. The van der Waals surface area contributed by atoms with Crippen LogP contribution < -0.4 is 15.8 Å². The van der Waals surface area contributed by atoms with E-state index in [9.17, 15) is 17.6 Å². The molecular weight excluding hydrogens is 273 g/mol.